The second kappa shape index (κ2) is 8.88. The third-order valence-corrected chi connectivity index (χ3v) is 6.29. The molecule has 0 unspecified atom stereocenters. The van der Waals surface area contributed by atoms with Crippen molar-refractivity contribution in [2.24, 2.45) is 10.1 Å². The summed E-state index contributed by atoms with van der Waals surface area (Å²) < 4.78 is 40.5. The van der Waals surface area contributed by atoms with Crippen LogP contribution in [-0.2, 0) is 26.1 Å². The van der Waals surface area contributed by atoms with Gasteiger partial charge >= 0.3 is 5.97 Å². The Morgan fingerprint density at radius 3 is 2.29 bits per heavy atom. The van der Waals surface area contributed by atoms with E-state index in [4.69, 9.17) is 19.3 Å². The van der Waals surface area contributed by atoms with Gasteiger partial charge in [0.2, 0.25) is 10.0 Å². The lowest BCUT2D eigenvalue weighted by Gasteiger charge is -2.09. The normalized spacial score (nSPS) is 12.1. The number of ether oxygens (including phenoxy) is 3. The second-order valence-electron chi connectivity index (χ2n) is 6.18. The number of methoxy groups -OCH3 is 3. The molecule has 3 aromatic rings. The Bertz CT molecular complexity index is 1320. The van der Waals surface area contributed by atoms with E-state index in [1.165, 1.54) is 44.1 Å². The standard InChI is InChI=1S/C19H19N3O7S2/c1-27-13-5-4-6-14(28-2)17(13)18(24)21-19-22(10-16(23)29-3)12-8-7-11(31(20,25)26)9-15(12)30-19/h4-9H,10H2,1-3H3,(H2,20,25,26). The molecule has 0 bridgehead atoms. The van der Waals surface area contributed by atoms with Crippen LogP contribution in [0, 0.1) is 0 Å². The number of aromatic nitrogens is 1. The number of carbonyl (C=O) groups excluding carboxylic acids is 2. The fraction of sp³-hybridized carbons (Fsp3) is 0.211. The molecule has 0 aliphatic rings. The molecule has 164 valence electrons. The number of hydrogen-bond donors (Lipinski definition) is 1. The molecule has 0 atom stereocenters. The SMILES string of the molecule is COC(=O)Cn1c(=NC(=O)c2c(OC)cccc2OC)sc2cc(S(N)(=O)=O)ccc21. The zero-order valence-electron chi connectivity index (χ0n) is 16.8. The van der Waals surface area contributed by atoms with Crippen molar-refractivity contribution < 1.29 is 32.2 Å². The Morgan fingerprint density at radius 2 is 1.74 bits per heavy atom. The van der Waals surface area contributed by atoms with Crippen LogP contribution < -0.4 is 19.4 Å². The molecule has 12 heteroatoms. The van der Waals surface area contributed by atoms with Crippen LogP contribution in [0.3, 0.4) is 0 Å². The first kappa shape index (κ1) is 22.5. The lowest BCUT2D eigenvalue weighted by molar-refractivity contribution is -0.141. The summed E-state index contributed by atoms with van der Waals surface area (Å²) in [7, 11) is 0.128. The summed E-state index contributed by atoms with van der Waals surface area (Å²) in [5.41, 5.74) is 0.598. The van der Waals surface area contributed by atoms with Gasteiger partial charge in [0.05, 0.1) is 36.4 Å². The number of benzene rings is 2. The third-order valence-electron chi connectivity index (χ3n) is 4.34. The molecule has 31 heavy (non-hydrogen) atoms. The average Bonchev–Trinajstić information content (AvgIpc) is 3.08. The highest BCUT2D eigenvalue weighted by atomic mass is 32.2. The van der Waals surface area contributed by atoms with Crippen LogP contribution in [0.25, 0.3) is 10.2 Å². The molecular weight excluding hydrogens is 446 g/mol. The fourth-order valence-corrected chi connectivity index (χ4v) is 4.55. The summed E-state index contributed by atoms with van der Waals surface area (Å²) in [5.74, 6) is -0.694. The van der Waals surface area contributed by atoms with Crippen LogP contribution in [0.1, 0.15) is 10.4 Å². The highest BCUT2D eigenvalue weighted by Crippen LogP contribution is 2.29. The minimum Gasteiger partial charge on any atom is -0.496 e. The third kappa shape index (κ3) is 4.60. The molecule has 0 saturated heterocycles. The molecule has 10 nitrogen and oxygen atoms in total. The smallest absolute Gasteiger partial charge is 0.325 e. The fourth-order valence-electron chi connectivity index (χ4n) is 2.87. The van der Waals surface area contributed by atoms with E-state index in [1.807, 2.05) is 0 Å². The topological polar surface area (TPSA) is 139 Å². The first-order valence-corrected chi connectivity index (χ1v) is 11.1. The summed E-state index contributed by atoms with van der Waals surface area (Å²) in [6, 6.07) is 9.01. The van der Waals surface area contributed by atoms with Gasteiger partial charge in [-0.15, -0.1) is 0 Å². The Hall–Kier alpha value is -3.22. The summed E-state index contributed by atoms with van der Waals surface area (Å²) in [4.78, 5) is 29.2. The number of carbonyl (C=O) groups is 2. The predicted molar refractivity (Wildman–Crippen MR) is 113 cm³/mol. The average molecular weight is 466 g/mol. The van der Waals surface area contributed by atoms with Gasteiger partial charge in [-0.2, -0.15) is 4.99 Å². The van der Waals surface area contributed by atoms with Crippen molar-refractivity contribution in [3.8, 4) is 11.5 Å². The maximum Gasteiger partial charge on any atom is 0.325 e. The van der Waals surface area contributed by atoms with E-state index >= 15 is 0 Å². The van der Waals surface area contributed by atoms with Crippen molar-refractivity contribution in [2.75, 3.05) is 21.3 Å². The maximum atomic E-state index is 13.0. The molecular formula is C19H19N3O7S2. The number of hydrogen-bond acceptors (Lipinski definition) is 8. The predicted octanol–water partition coefficient (Wildman–Crippen LogP) is 1.28. The number of thiazole rings is 1. The van der Waals surface area contributed by atoms with Crippen molar-refractivity contribution in [3.05, 3.63) is 46.8 Å². The van der Waals surface area contributed by atoms with Crippen molar-refractivity contribution in [1.82, 2.24) is 4.57 Å². The van der Waals surface area contributed by atoms with E-state index < -0.39 is 21.9 Å². The van der Waals surface area contributed by atoms with Crippen LogP contribution in [0.4, 0.5) is 0 Å². The number of amides is 1. The molecule has 0 fully saturated rings. The van der Waals surface area contributed by atoms with E-state index in [9.17, 15) is 18.0 Å². The molecule has 1 amide bonds. The second-order valence-corrected chi connectivity index (χ2v) is 8.75. The number of rotatable bonds is 6. The van der Waals surface area contributed by atoms with Gasteiger partial charge < -0.3 is 18.8 Å². The highest BCUT2D eigenvalue weighted by Gasteiger charge is 2.20. The van der Waals surface area contributed by atoms with Gasteiger partial charge in [0, 0.05) is 0 Å². The number of esters is 1. The zero-order valence-corrected chi connectivity index (χ0v) is 18.5. The van der Waals surface area contributed by atoms with Gasteiger partial charge in [-0.1, -0.05) is 17.4 Å². The van der Waals surface area contributed by atoms with Crippen LogP contribution >= 0.6 is 11.3 Å². The summed E-state index contributed by atoms with van der Waals surface area (Å²) in [6.07, 6.45) is 0. The maximum absolute atomic E-state index is 13.0. The lowest BCUT2D eigenvalue weighted by atomic mass is 10.1. The van der Waals surface area contributed by atoms with E-state index in [0.29, 0.717) is 10.2 Å². The molecule has 1 heterocycles. The molecule has 0 spiro atoms. The number of nitrogens with zero attached hydrogens (tertiary/aromatic N) is 2. The molecule has 3 rings (SSSR count). The quantitative estimate of drug-likeness (QED) is 0.541. The first-order valence-electron chi connectivity index (χ1n) is 8.72. The van der Waals surface area contributed by atoms with Gasteiger partial charge in [-0.3, -0.25) is 9.59 Å². The lowest BCUT2D eigenvalue weighted by Crippen LogP contribution is -2.22. The first-order chi connectivity index (χ1) is 14.7. The van der Waals surface area contributed by atoms with Crippen LogP contribution in [0.2, 0.25) is 0 Å². The molecule has 0 aliphatic heterocycles. The van der Waals surface area contributed by atoms with Gasteiger partial charge in [0.25, 0.3) is 5.91 Å². The number of primary sulfonamides is 1. The minimum absolute atomic E-state index is 0.101. The highest BCUT2D eigenvalue weighted by molar-refractivity contribution is 7.89. The largest absolute Gasteiger partial charge is 0.496 e. The van der Waals surface area contributed by atoms with Crippen molar-refractivity contribution in [2.45, 2.75) is 11.4 Å². The summed E-state index contributed by atoms with van der Waals surface area (Å²) in [5, 5.41) is 5.21. The van der Waals surface area contributed by atoms with Gasteiger partial charge in [-0.25, -0.2) is 13.6 Å². The van der Waals surface area contributed by atoms with Crippen molar-refractivity contribution in [3.63, 3.8) is 0 Å². The van der Waals surface area contributed by atoms with E-state index in [2.05, 4.69) is 4.99 Å². The van der Waals surface area contributed by atoms with Crippen LogP contribution in [0.5, 0.6) is 11.5 Å². The van der Waals surface area contributed by atoms with E-state index in [-0.39, 0.29) is 33.3 Å². The van der Waals surface area contributed by atoms with Crippen LogP contribution in [0.15, 0.2) is 46.3 Å². The number of sulfonamides is 1. The Balaban J connectivity index is 2.25. The minimum atomic E-state index is -3.93. The van der Waals surface area contributed by atoms with Crippen molar-refractivity contribution >= 4 is 43.5 Å². The number of fused-ring (bicyclic) bond motifs is 1. The van der Waals surface area contributed by atoms with E-state index in [1.54, 1.807) is 18.2 Å². The molecule has 0 radical (unpaired) electrons. The van der Waals surface area contributed by atoms with E-state index in [0.717, 1.165) is 11.3 Å². The molecule has 2 aromatic carbocycles. The number of nitrogens with two attached hydrogens (primary N) is 1. The molecule has 0 aliphatic carbocycles. The molecule has 1 aromatic heterocycles. The zero-order chi connectivity index (χ0) is 22.8. The Morgan fingerprint density at radius 1 is 1.10 bits per heavy atom. The summed E-state index contributed by atoms with van der Waals surface area (Å²) >= 11 is 1.02. The van der Waals surface area contributed by atoms with Gasteiger partial charge in [-0.05, 0) is 30.3 Å². The molecule has 2 N–H and O–H groups in total. The van der Waals surface area contributed by atoms with Crippen molar-refractivity contribution in [1.29, 1.82) is 0 Å². The molecule has 0 saturated carbocycles. The van der Waals surface area contributed by atoms with Crippen LogP contribution in [-0.4, -0.2) is 46.2 Å². The monoisotopic (exact) mass is 465 g/mol. The van der Waals surface area contributed by atoms with Gasteiger partial charge in [0.15, 0.2) is 4.80 Å². The van der Waals surface area contributed by atoms with Gasteiger partial charge in [0.1, 0.15) is 23.6 Å². The Labute approximate surface area is 181 Å². The Kier molecular flexibility index (Phi) is 6.43. The summed E-state index contributed by atoms with van der Waals surface area (Å²) in [6.45, 7) is -0.236.